The molecule has 0 amide bonds. The predicted molar refractivity (Wildman–Crippen MR) is 138 cm³/mol. The summed E-state index contributed by atoms with van der Waals surface area (Å²) in [7, 11) is 1.75. The Morgan fingerprint density at radius 1 is 1.09 bits per heavy atom. The van der Waals surface area contributed by atoms with Crippen molar-refractivity contribution in [2.75, 3.05) is 26.8 Å². The van der Waals surface area contributed by atoms with Gasteiger partial charge in [0.25, 0.3) is 0 Å². The third-order valence-corrected chi connectivity index (χ3v) is 4.60. The number of guanidine groups is 1. The van der Waals surface area contributed by atoms with Crippen LogP contribution in [0.1, 0.15) is 76.7 Å². The summed E-state index contributed by atoms with van der Waals surface area (Å²) in [6.45, 7) is 12.3. The Labute approximate surface area is 209 Å². The minimum Gasteiger partial charge on any atom is -0.490 e. The fraction of sp³-hybridized carbons (Fsp3) is 0.609. The highest BCUT2D eigenvalue weighted by molar-refractivity contribution is 14.0. The number of rotatable bonds is 12. The molecule has 0 aliphatic rings. The molecule has 0 bridgehead atoms. The molecule has 9 heteroatoms. The predicted octanol–water partition coefficient (Wildman–Crippen LogP) is 4.86. The minimum absolute atomic E-state index is 0. The molecular formula is C23H38IN5O3. The Morgan fingerprint density at radius 3 is 2.38 bits per heavy atom. The van der Waals surface area contributed by atoms with Crippen LogP contribution in [0.2, 0.25) is 0 Å². The minimum atomic E-state index is 0. The fourth-order valence-corrected chi connectivity index (χ4v) is 2.83. The third-order valence-electron chi connectivity index (χ3n) is 4.60. The molecule has 0 aliphatic heterocycles. The van der Waals surface area contributed by atoms with Crippen LogP contribution in [-0.2, 0) is 6.42 Å². The van der Waals surface area contributed by atoms with Crippen molar-refractivity contribution in [2.24, 2.45) is 4.99 Å². The van der Waals surface area contributed by atoms with Crippen molar-refractivity contribution in [3.63, 3.8) is 0 Å². The molecule has 1 aromatic carbocycles. The van der Waals surface area contributed by atoms with E-state index in [4.69, 9.17) is 14.0 Å². The number of nitrogens with zero attached hydrogens (tertiary/aromatic N) is 3. The van der Waals surface area contributed by atoms with Gasteiger partial charge in [-0.15, -0.1) is 24.0 Å². The summed E-state index contributed by atoms with van der Waals surface area (Å²) >= 11 is 0. The summed E-state index contributed by atoms with van der Waals surface area (Å²) in [6.07, 6.45) is 2.53. The fourth-order valence-electron chi connectivity index (χ4n) is 2.83. The second-order valence-corrected chi connectivity index (χ2v) is 7.72. The van der Waals surface area contributed by atoms with E-state index in [1.807, 2.05) is 26.0 Å². The first-order valence-corrected chi connectivity index (χ1v) is 11.2. The van der Waals surface area contributed by atoms with Gasteiger partial charge in [-0.1, -0.05) is 38.9 Å². The normalized spacial score (nSPS) is 12.3. The van der Waals surface area contributed by atoms with Gasteiger partial charge in [-0.2, -0.15) is 4.98 Å². The first kappa shape index (κ1) is 28.0. The van der Waals surface area contributed by atoms with E-state index in [-0.39, 0.29) is 35.9 Å². The van der Waals surface area contributed by atoms with Crippen LogP contribution in [0.4, 0.5) is 0 Å². The van der Waals surface area contributed by atoms with Gasteiger partial charge < -0.3 is 24.6 Å². The number of aromatic nitrogens is 2. The summed E-state index contributed by atoms with van der Waals surface area (Å²) in [5.74, 6) is 3.89. The highest BCUT2D eigenvalue weighted by Crippen LogP contribution is 2.31. The standard InChI is InChI=1S/C23H37N5O3.HI/c1-7-13-29-19-10-9-18(15-20(19)30-14-8-2)17(5)26-23(24-6)25-12-11-21-27-22(16(3)4)28-31-21;/h9-10,15-17H,7-8,11-14H2,1-6H3,(H2,24,25,26);1H. The number of nitrogens with one attached hydrogen (secondary N) is 2. The van der Waals surface area contributed by atoms with Crippen molar-refractivity contribution in [3.8, 4) is 11.5 Å². The molecule has 2 N–H and O–H groups in total. The number of halogens is 1. The van der Waals surface area contributed by atoms with Crippen molar-refractivity contribution in [2.45, 2.75) is 65.8 Å². The first-order chi connectivity index (χ1) is 15.0. The second-order valence-electron chi connectivity index (χ2n) is 7.72. The SMILES string of the molecule is CCCOc1ccc(C(C)NC(=NC)NCCc2nc(C(C)C)no2)cc1OCCC.I. The lowest BCUT2D eigenvalue weighted by molar-refractivity contribution is 0.268. The van der Waals surface area contributed by atoms with Crippen LogP contribution in [0.25, 0.3) is 0 Å². The molecule has 8 nitrogen and oxygen atoms in total. The highest BCUT2D eigenvalue weighted by Gasteiger charge is 2.14. The maximum atomic E-state index is 5.92. The maximum Gasteiger partial charge on any atom is 0.228 e. The average molecular weight is 559 g/mol. The molecule has 1 atom stereocenters. The number of hydrogen-bond donors (Lipinski definition) is 2. The molecule has 1 heterocycles. The van der Waals surface area contributed by atoms with Crippen molar-refractivity contribution in [3.05, 3.63) is 35.5 Å². The average Bonchev–Trinajstić information content (AvgIpc) is 3.25. The maximum absolute atomic E-state index is 5.92. The van der Waals surface area contributed by atoms with Gasteiger partial charge in [0.1, 0.15) is 0 Å². The van der Waals surface area contributed by atoms with Crippen LogP contribution in [0, 0.1) is 0 Å². The Hall–Kier alpha value is -2.04. The number of benzene rings is 1. The quantitative estimate of drug-likeness (QED) is 0.218. The van der Waals surface area contributed by atoms with Gasteiger partial charge in [0.05, 0.1) is 19.3 Å². The van der Waals surface area contributed by atoms with E-state index in [1.165, 1.54) is 0 Å². The van der Waals surface area contributed by atoms with Crippen LogP contribution in [0.3, 0.4) is 0 Å². The molecular weight excluding hydrogens is 521 g/mol. The first-order valence-electron chi connectivity index (χ1n) is 11.2. The number of hydrogen-bond acceptors (Lipinski definition) is 6. The molecule has 0 aliphatic carbocycles. The molecule has 0 saturated heterocycles. The lowest BCUT2D eigenvalue weighted by Crippen LogP contribution is -2.39. The summed E-state index contributed by atoms with van der Waals surface area (Å²) < 4.78 is 17.0. The molecule has 0 saturated carbocycles. The van der Waals surface area contributed by atoms with Gasteiger partial charge in [-0.25, -0.2) is 0 Å². The Morgan fingerprint density at radius 2 is 1.78 bits per heavy atom. The van der Waals surface area contributed by atoms with E-state index in [9.17, 15) is 0 Å². The van der Waals surface area contributed by atoms with Crippen LogP contribution in [0.15, 0.2) is 27.7 Å². The summed E-state index contributed by atoms with van der Waals surface area (Å²) in [4.78, 5) is 8.72. The smallest absolute Gasteiger partial charge is 0.228 e. The topological polar surface area (TPSA) is 93.8 Å². The van der Waals surface area contributed by atoms with Crippen molar-refractivity contribution >= 4 is 29.9 Å². The van der Waals surface area contributed by atoms with Crippen LogP contribution in [0.5, 0.6) is 11.5 Å². The molecule has 0 spiro atoms. The molecule has 2 rings (SSSR count). The van der Waals surface area contributed by atoms with Gasteiger partial charge in [0.2, 0.25) is 5.89 Å². The summed E-state index contributed by atoms with van der Waals surface area (Å²) in [5, 5.41) is 10.7. The Balaban J connectivity index is 0.00000512. The van der Waals surface area contributed by atoms with E-state index < -0.39 is 0 Å². The number of aliphatic imine (C=N–C) groups is 1. The molecule has 1 aromatic heterocycles. The van der Waals surface area contributed by atoms with Gasteiger partial charge >= 0.3 is 0 Å². The zero-order valence-corrected chi connectivity index (χ0v) is 22.4. The van der Waals surface area contributed by atoms with Gasteiger partial charge in [-0.05, 0) is 37.5 Å². The van der Waals surface area contributed by atoms with Crippen molar-refractivity contribution < 1.29 is 14.0 Å². The van der Waals surface area contributed by atoms with Gasteiger partial charge in [-0.3, -0.25) is 4.99 Å². The molecule has 1 unspecified atom stereocenters. The molecule has 2 aromatic rings. The highest BCUT2D eigenvalue weighted by atomic mass is 127. The zero-order valence-electron chi connectivity index (χ0n) is 20.1. The van der Waals surface area contributed by atoms with E-state index >= 15 is 0 Å². The van der Waals surface area contributed by atoms with E-state index in [0.29, 0.717) is 38.0 Å². The molecule has 32 heavy (non-hydrogen) atoms. The van der Waals surface area contributed by atoms with Gasteiger partial charge in [0.15, 0.2) is 23.3 Å². The lowest BCUT2D eigenvalue weighted by Gasteiger charge is -2.20. The Bertz CT molecular complexity index is 826. The Kier molecular flexibility index (Phi) is 13.0. The van der Waals surface area contributed by atoms with Crippen LogP contribution >= 0.6 is 24.0 Å². The second kappa shape index (κ2) is 14.9. The monoisotopic (exact) mass is 559 g/mol. The van der Waals surface area contributed by atoms with Crippen LogP contribution in [-0.4, -0.2) is 42.9 Å². The van der Waals surface area contributed by atoms with Crippen molar-refractivity contribution in [1.29, 1.82) is 0 Å². The lowest BCUT2D eigenvalue weighted by atomic mass is 10.1. The molecule has 0 radical (unpaired) electrons. The van der Waals surface area contributed by atoms with Crippen molar-refractivity contribution in [1.82, 2.24) is 20.8 Å². The largest absolute Gasteiger partial charge is 0.490 e. The molecule has 180 valence electrons. The number of ether oxygens (including phenoxy) is 2. The van der Waals surface area contributed by atoms with E-state index in [2.05, 4.69) is 52.6 Å². The third kappa shape index (κ3) is 8.84. The van der Waals surface area contributed by atoms with E-state index in [0.717, 1.165) is 35.7 Å². The van der Waals surface area contributed by atoms with Crippen LogP contribution < -0.4 is 20.1 Å². The molecule has 0 fully saturated rings. The summed E-state index contributed by atoms with van der Waals surface area (Å²) in [6, 6.07) is 6.11. The summed E-state index contributed by atoms with van der Waals surface area (Å²) in [5.41, 5.74) is 1.09. The zero-order chi connectivity index (χ0) is 22.6. The van der Waals surface area contributed by atoms with Gasteiger partial charge in [0, 0.05) is 25.9 Å². The van der Waals surface area contributed by atoms with E-state index in [1.54, 1.807) is 7.05 Å².